The van der Waals surface area contributed by atoms with Gasteiger partial charge in [-0.2, -0.15) is 13.2 Å². The minimum absolute atomic E-state index is 0.180. The van der Waals surface area contributed by atoms with Crippen LogP contribution in [0.3, 0.4) is 0 Å². The lowest BCUT2D eigenvalue weighted by Gasteiger charge is -2.30. The Hall–Kier alpha value is -2.41. The van der Waals surface area contributed by atoms with Crippen LogP contribution in [-0.4, -0.2) is 37.4 Å². The van der Waals surface area contributed by atoms with Crippen LogP contribution in [-0.2, 0) is 0 Å². The van der Waals surface area contributed by atoms with E-state index in [2.05, 4.69) is 15.6 Å². The third kappa shape index (κ3) is 4.60. The van der Waals surface area contributed by atoms with Crippen LogP contribution in [0.4, 0.5) is 13.2 Å². The number of piperidine rings is 1. The van der Waals surface area contributed by atoms with Crippen molar-refractivity contribution in [1.82, 2.24) is 10.6 Å². The zero-order valence-electron chi connectivity index (χ0n) is 14.3. The molecule has 0 bridgehead atoms. The first-order valence-corrected chi connectivity index (χ1v) is 8.45. The van der Waals surface area contributed by atoms with Crippen molar-refractivity contribution < 1.29 is 18.0 Å². The van der Waals surface area contributed by atoms with Crippen LogP contribution >= 0.6 is 0 Å². The lowest BCUT2D eigenvalue weighted by atomic mass is 9.91. The van der Waals surface area contributed by atoms with Crippen LogP contribution in [0.5, 0.6) is 0 Å². The Morgan fingerprint density at radius 2 is 2.19 bits per heavy atom. The molecule has 3 rings (SSSR count). The number of aliphatic imine (C=N–C) groups is 1. The normalized spacial score (nSPS) is 22.8. The molecule has 2 aliphatic heterocycles. The van der Waals surface area contributed by atoms with Gasteiger partial charge in [-0.25, -0.2) is 0 Å². The number of allylic oxidation sites excluding steroid dienone is 2. The summed E-state index contributed by atoms with van der Waals surface area (Å²) in [7, 11) is 0. The van der Waals surface area contributed by atoms with Gasteiger partial charge in [0.1, 0.15) is 0 Å². The third-order valence-electron chi connectivity index (χ3n) is 4.51. The minimum atomic E-state index is -4.36. The second-order valence-corrected chi connectivity index (χ2v) is 6.53. The number of rotatable bonds is 3. The molecule has 1 aromatic carbocycles. The predicted octanol–water partition coefficient (Wildman–Crippen LogP) is 3.25. The number of benzene rings is 1. The summed E-state index contributed by atoms with van der Waals surface area (Å²) in [5.74, 6) is -0.0335. The molecule has 1 amide bonds. The summed E-state index contributed by atoms with van der Waals surface area (Å²) in [6, 6.07) is 4.85. The molecule has 1 saturated heterocycles. The molecule has 7 heteroatoms. The van der Waals surface area contributed by atoms with Crippen molar-refractivity contribution in [3.63, 3.8) is 0 Å². The maximum atomic E-state index is 12.5. The van der Waals surface area contributed by atoms with Crippen LogP contribution in [0, 0.1) is 12.8 Å². The number of dihydropyridines is 1. The van der Waals surface area contributed by atoms with Crippen molar-refractivity contribution in [2.75, 3.05) is 13.1 Å². The minimum Gasteiger partial charge on any atom is -0.321 e. The summed E-state index contributed by atoms with van der Waals surface area (Å²) in [6.07, 6.45) is 1.48. The Morgan fingerprint density at radius 1 is 1.38 bits per heavy atom. The lowest BCUT2D eigenvalue weighted by molar-refractivity contribution is -0.0790. The van der Waals surface area contributed by atoms with E-state index in [0.29, 0.717) is 22.4 Å². The number of alkyl halides is 3. The molecule has 2 atom stereocenters. The van der Waals surface area contributed by atoms with E-state index >= 15 is 0 Å². The quantitative estimate of drug-likeness (QED) is 0.866. The summed E-state index contributed by atoms with van der Waals surface area (Å²) in [6.45, 7) is 3.48. The number of hydrogen-bond acceptors (Lipinski definition) is 3. The second kappa shape index (κ2) is 7.45. The van der Waals surface area contributed by atoms with Crippen molar-refractivity contribution in [3.05, 3.63) is 52.7 Å². The summed E-state index contributed by atoms with van der Waals surface area (Å²) < 4.78 is 36.8. The molecule has 0 aliphatic carbocycles. The Kier molecular flexibility index (Phi) is 5.27. The zero-order valence-corrected chi connectivity index (χ0v) is 14.3. The van der Waals surface area contributed by atoms with Crippen LogP contribution in [0.15, 0.2) is 41.0 Å². The highest BCUT2D eigenvalue weighted by Crippen LogP contribution is 2.22. The molecule has 0 spiro atoms. The highest BCUT2D eigenvalue weighted by Gasteiger charge is 2.26. The Morgan fingerprint density at radius 3 is 2.92 bits per heavy atom. The summed E-state index contributed by atoms with van der Waals surface area (Å²) >= 11 is 0. The molecule has 138 valence electrons. The lowest BCUT2D eigenvalue weighted by Crippen LogP contribution is -2.41. The molecular formula is C19H20F3N3O. The number of carbonyl (C=O) groups excluding carboxylic acids is 1. The number of hydrogen-bond donors (Lipinski definition) is 2. The number of amides is 1. The van der Waals surface area contributed by atoms with Gasteiger partial charge in [-0.3, -0.25) is 9.79 Å². The maximum absolute atomic E-state index is 12.5. The van der Waals surface area contributed by atoms with E-state index in [4.69, 9.17) is 0 Å². The summed E-state index contributed by atoms with van der Waals surface area (Å²) in [4.78, 5) is 17.0. The van der Waals surface area contributed by atoms with Gasteiger partial charge in [0.2, 0.25) is 0 Å². The van der Waals surface area contributed by atoms with E-state index in [0.717, 1.165) is 25.6 Å². The van der Waals surface area contributed by atoms with Crippen molar-refractivity contribution >= 4 is 18.2 Å². The number of nitrogens with one attached hydrogen (secondary N) is 2. The van der Waals surface area contributed by atoms with E-state index in [1.807, 2.05) is 6.08 Å². The predicted molar refractivity (Wildman–Crippen MR) is 95.1 cm³/mol. The smallest absolute Gasteiger partial charge is 0.321 e. The molecule has 2 aliphatic rings. The van der Waals surface area contributed by atoms with Crippen molar-refractivity contribution in [2.24, 2.45) is 10.9 Å². The Balaban J connectivity index is 1.69. The first kappa shape index (κ1) is 18.4. The van der Waals surface area contributed by atoms with Crippen molar-refractivity contribution in [1.29, 1.82) is 0 Å². The number of halogens is 3. The van der Waals surface area contributed by atoms with Crippen LogP contribution in [0.2, 0.25) is 0 Å². The van der Waals surface area contributed by atoms with Gasteiger partial charge < -0.3 is 10.6 Å². The number of aryl methyl sites for hydroxylation is 1. The van der Waals surface area contributed by atoms with Crippen LogP contribution in [0.1, 0.15) is 27.9 Å². The molecule has 1 aromatic rings. The Labute approximate surface area is 149 Å². The summed E-state index contributed by atoms with van der Waals surface area (Å²) in [5, 5.41) is 6.14. The number of nitrogens with zero attached hydrogens (tertiary/aromatic N) is 1. The number of fused-ring (bicyclic) bond motifs is 1. The monoisotopic (exact) mass is 363 g/mol. The van der Waals surface area contributed by atoms with Gasteiger partial charge >= 0.3 is 6.18 Å². The van der Waals surface area contributed by atoms with Crippen LogP contribution < -0.4 is 10.6 Å². The zero-order chi connectivity index (χ0) is 18.7. The fourth-order valence-corrected chi connectivity index (χ4v) is 3.18. The highest BCUT2D eigenvalue weighted by atomic mass is 19.4. The van der Waals surface area contributed by atoms with Gasteiger partial charge in [0.25, 0.3) is 5.91 Å². The second-order valence-electron chi connectivity index (χ2n) is 6.53. The fourth-order valence-electron chi connectivity index (χ4n) is 3.18. The van der Waals surface area contributed by atoms with Gasteiger partial charge in [0.15, 0.2) is 0 Å². The summed E-state index contributed by atoms with van der Waals surface area (Å²) in [5.41, 5.74) is 2.08. The molecular weight excluding hydrogens is 343 g/mol. The molecule has 2 heterocycles. The van der Waals surface area contributed by atoms with Gasteiger partial charge in [-0.1, -0.05) is 24.3 Å². The number of carbonyl (C=O) groups is 1. The topological polar surface area (TPSA) is 53.5 Å². The van der Waals surface area contributed by atoms with E-state index in [9.17, 15) is 18.0 Å². The first-order valence-electron chi connectivity index (χ1n) is 8.45. The molecule has 4 nitrogen and oxygen atoms in total. The largest absolute Gasteiger partial charge is 0.409 e. The molecule has 1 fully saturated rings. The Bertz CT molecular complexity index is 781. The van der Waals surface area contributed by atoms with Crippen molar-refractivity contribution in [3.8, 4) is 0 Å². The average Bonchev–Trinajstić information content (AvgIpc) is 2.59. The standard InChI is InChI=1S/C19H20F3N3O/c1-12-8-13(4-6-19(20,21)22)2-3-16(12)18(26)25-15-9-14-10-23-7-5-17(14)24-11-15/h2-4,6,8-9,11,14,17,23H,5,7,10H2,1H3,(H,25,26). The first-order chi connectivity index (χ1) is 12.3. The molecule has 0 saturated carbocycles. The fraction of sp³-hybridized carbons (Fsp3) is 0.368. The molecule has 0 radical (unpaired) electrons. The molecule has 26 heavy (non-hydrogen) atoms. The SMILES string of the molecule is Cc1cc(C=CC(F)(F)F)ccc1C(=O)NC1=CC2CNCCC2N=C1. The third-order valence-corrected chi connectivity index (χ3v) is 4.51. The average molecular weight is 363 g/mol. The van der Waals surface area contributed by atoms with E-state index in [1.165, 1.54) is 12.1 Å². The van der Waals surface area contributed by atoms with Gasteiger partial charge in [0, 0.05) is 30.3 Å². The van der Waals surface area contributed by atoms with Gasteiger partial charge in [-0.15, -0.1) is 0 Å². The van der Waals surface area contributed by atoms with Gasteiger partial charge in [0.05, 0.1) is 11.7 Å². The van der Waals surface area contributed by atoms with Crippen LogP contribution in [0.25, 0.3) is 6.08 Å². The molecule has 2 N–H and O–H groups in total. The van der Waals surface area contributed by atoms with E-state index < -0.39 is 6.18 Å². The van der Waals surface area contributed by atoms with Crippen molar-refractivity contribution in [2.45, 2.75) is 25.6 Å². The molecule has 2 unspecified atom stereocenters. The van der Waals surface area contributed by atoms with E-state index in [1.54, 1.807) is 19.2 Å². The highest BCUT2D eigenvalue weighted by molar-refractivity contribution is 6.00. The maximum Gasteiger partial charge on any atom is 0.409 e. The van der Waals surface area contributed by atoms with E-state index in [-0.39, 0.29) is 23.9 Å². The molecule has 0 aromatic heterocycles. The van der Waals surface area contributed by atoms with Gasteiger partial charge in [-0.05, 0) is 37.1 Å².